The van der Waals surface area contributed by atoms with Crippen molar-refractivity contribution < 1.29 is 27.9 Å². The van der Waals surface area contributed by atoms with Crippen molar-refractivity contribution >= 4 is 22.8 Å². The zero-order chi connectivity index (χ0) is 27.4. The number of nitrogens with one attached hydrogen (secondary N) is 2. The fourth-order valence-electron chi connectivity index (χ4n) is 5.34. The summed E-state index contributed by atoms with van der Waals surface area (Å²) in [5, 5.41) is 25.8. The number of carbonyl (C=O) groups excluding carboxylic acids is 2. The number of hydrogen-bond donors (Lipinski definition) is 3. The molecule has 1 heterocycles. The predicted molar refractivity (Wildman–Crippen MR) is 139 cm³/mol. The number of nitriles is 1. The van der Waals surface area contributed by atoms with Gasteiger partial charge in [0.15, 0.2) is 5.76 Å². The first-order valence-corrected chi connectivity index (χ1v) is 13.4. The SMILES string of the molecule is N#CC1(NC(=O)C2(NC(=O)c3cc4ccc(-c5ccc(C(O)C6CC6)cc5)cc4o3)CCC(F)(F)CC2)CC1. The Bertz CT molecular complexity index is 1470. The molecule has 3 aliphatic rings. The topological polar surface area (TPSA) is 115 Å². The molecule has 3 aliphatic carbocycles. The third-order valence-electron chi connectivity index (χ3n) is 8.34. The fourth-order valence-corrected chi connectivity index (χ4v) is 5.34. The first-order chi connectivity index (χ1) is 18.6. The van der Waals surface area contributed by atoms with E-state index in [1.54, 1.807) is 6.07 Å². The highest BCUT2D eigenvalue weighted by atomic mass is 19.3. The van der Waals surface area contributed by atoms with Crippen LogP contribution in [0, 0.1) is 17.2 Å². The number of aliphatic hydroxyl groups is 1. The smallest absolute Gasteiger partial charge is 0.287 e. The molecule has 1 atom stereocenters. The molecule has 6 rings (SSSR count). The minimum atomic E-state index is -2.91. The Morgan fingerprint density at radius 1 is 0.949 bits per heavy atom. The van der Waals surface area contributed by atoms with Crippen molar-refractivity contribution in [2.24, 2.45) is 5.92 Å². The largest absolute Gasteiger partial charge is 0.451 e. The van der Waals surface area contributed by atoms with E-state index in [-0.39, 0.29) is 18.6 Å². The summed E-state index contributed by atoms with van der Waals surface area (Å²) in [4.78, 5) is 26.5. The molecule has 0 saturated heterocycles. The van der Waals surface area contributed by atoms with Crippen LogP contribution < -0.4 is 10.6 Å². The maximum atomic E-state index is 14.0. The Kier molecular flexibility index (Phi) is 5.99. The van der Waals surface area contributed by atoms with Crippen molar-refractivity contribution in [3.8, 4) is 17.2 Å². The molecule has 3 N–H and O–H groups in total. The number of furan rings is 1. The Morgan fingerprint density at radius 2 is 1.62 bits per heavy atom. The summed E-state index contributed by atoms with van der Waals surface area (Å²) in [7, 11) is 0. The number of nitrogens with zero attached hydrogens (tertiary/aromatic N) is 1. The van der Waals surface area contributed by atoms with E-state index in [2.05, 4.69) is 16.7 Å². The first-order valence-electron chi connectivity index (χ1n) is 13.4. The lowest BCUT2D eigenvalue weighted by molar-refractivity contribution is -0.133. The minimum absolute atomic E-state index is 0.0315. The van der Waals surface area contributed by atoms with Crippen molar-refractivity contribution in [3.05, 3.63) is 59.9 Å². The molecule has 3 fully saturated rings. The summed E-state index contributed by atoms with van der Waals surface area (Å²) in [5.74, 6) is -3.88. The first kappa shape index (κ1) is 25.5. The highest BCUT2D eigenvalue weighted by molar-refractivity contribution is 6.00. The molecule has 2 amide bonds. The van der Waals surface area contributed by atoms with E-state index in [4.69, 9.17) is 4.42 Å². The summed E-state index contributed by atoms with van der Waals surface area (Å²) in [5.41, 5.74) is 0.611. The van der Waals surface area contributed by atoms with Crippen LogP contribution in [0.25, 0.3) is 22.1 Å². The molecule has 3 aromatic rings. The van der Waals surface area contributed by atoms with E-state index >= 15 is 0 Å². The number of benzene rings is 2. The molecule has 2 aromatic carbocycles. The second-order valence-electron chi connectivity index (χ2n) is 11.3. The van der Waals surface area contributed by atoms with Gasteiger partial charge in [0.05, 0.1) is 12.2 Å². The van der Waals surface area contributed by atoms with E-state index in [0.717, 1.165) is 29.5 Å². The molecular weight excluding hydrogens is 504 g/mol. The van der Waals surface area contributed by atoms with Crippen LogP contribution in [0.5, 0.6) is 0 Å². The Balaban J connectivity index is 1.22. The van der Waals surface area contributed by atoms with Gasteiger partial charge in [-0.25, -0.2) is 8.78 Å². The highest BCUT2D eigenvalue weighted by Gasteiger charge is 2.53. The second kappa shape index (κ2) is 9.16. The normalized spacial score (nSPS) is 21.5. The lowest BCUT2D eigenvalue weighted by Gasteiger charge is -2.39. The molecule has 7 nitrogen and oxygen atoms in total. The Labute approximate surface area is 224 Å². The molecule has 202 valence electrons. The van der Waals surface area contributed by atoms with Crippen molar-refractivity contribution in [2.45, 2.75) is 74.5 Å². The summed E-state index contributed by atoms with van der Waals surface area (Å²) >= 11 is 0. The van der Waals surface area contributed by atoms with Gasteiger partial charge in [-0.1, -0.05) is 36.4 Å². The van der Waals surface area contributed by atoms with Crippen molar-refractivity contribution in [1.82, 2.24) is 10.6 Å². The number of alkyl halides is 2. The average Bonchev–Trinajstić information content (AvgIpc) is 3.87. The molecule has 0 radical (unpaired) electrons. The molecule has 0 aliphatic heterocycles. The van der Waals surface area contributed by atoms with E-state index < -0.39 is 47.8 Å². The van der Waals surface area contributed by atoms with Crippen LogP contribution in [-0.2, 0) is 4.79 Å². The van der Waals surface area contributed by atoms with Crippen LogP contribution in [0.3, 0.4) is 0 Å². The van der Waals surface area contributed by atoms with Gasteiger partial charge in [-0.15, -0.1) is 0 Å². The fraction of sp³-hybridized carbons (Fsp3) is 0.433. The van der Waals surface area contributed by atoms with Crippen LogP contribution in [0.2, 0.25) is 0 Å². The minimum Gasteiger partial charge on any atom is -0.451 e. The standard InChI is InChI=1S/C30H29F2N3O4/c31-30(32)13-11-29(12-14-30,27(38)35-28(17-33)9-10-28)34-26(37)24-16-22-8-7-21(15-23(22)39-24)18-1-3-19(4-2-18)25(36)20-5-6-20/h1-4,7-8,15-16,20,25,36H,5-6,9-14H2,(H,34,37)(H,35,38). The summed E-state index contributed by atoms with van der Waals surface area (Å²) < 4.78 is 33.8. The quantitative estimate of drug-likeness (QED) is 0.377. The van der Waals surface area contributed by atoms with Gasteiger partial charge in [0.25, 0.3) is 5.91 Å². The van der Waals surface area contributed by atoms with Gasteiger partial charge in [0.1, 0.15) is 16.7 Å². The third-order valence-corrected chi connectivity index (χ3v) is 8.34. The van der Waals surface area contributed by atoms with Gasteiger partial charge in [-0.05, 0) is 73.3 Å². The van der Waals surface area contributed by atoms with Crippen LogP contribution in [0.15, 0.2) is 52.9 Å². The lowest BCUT2D eigenvalue weighted by atomic mass is 9.78. The zero-order valence-corrected chi connectivity index (χ0v) is 21.3. The number of fused-ring (bicyclic) bond motifs is 1. The van der Waals surface area contributed by atoms with Gasteiger partial charge < -0.3 is 20.2 Å². The number of aliphatic hydroxyl groups excluding tert-OH is 1. The maximum absolute atomic E-state index is 14.0. The third kappa shape index (κ3) is 5.01. The Morgan fingerprint density at radius 3 is 2.23 bits per heavy atom. The van der Waals surface area contributed by atoms with Crippen molar-refractivity contribution in [1.29, 1.82) is 5.26 Å². The predicted octanol–water partition coefficient (Wildman–Crippen LogP) is 5.39. The molecule has 0 bridgehead atoms. The Hall–Kier alpha value is -3.77. The van der Waals surface area contributed by atoms with Gasteiger partial charge in [0.2, 0.25) is 11.8 Å². The molecule has 1 aromatic heterocycles. The molecule has 1 unspecified atom stereocenters. The van der Waals surface area contributed by atoms with E-state index in [0.29, 0.717) is 29.7 Å². The summed E-state index contributed by atoms with van der Waals surface area (Å²) in [6.07, 6.45) is 1.07. The number of halogens is 2. The summed E-state index contributed by atoms with van der Waals surface area (Å²) in [6, 6.07) is 16.9. The van der Waals surface area contributed by atoms with Crippen LogP contribution in [0.4, 0.5) is 8.78 Å². The second-order valence-corrected chi connectivity index (χ2v) is 11.3. The zero-order valence-electron chi connectivity index (χ0n) is 21.3. The van der Waals surface area contributed by atoms with Crippen LogP contribution in [0.1, 0.15) is 73.6 Å². The number of hydrogen-bond acceptors (Lipinski definition) is 5. The number of amides is 2. The number of rotatable bonds is 7. The highest BCUT2D eigenvalue weighted by Crippen LogP contribution is 2.42. The van der Waals surface area contributed by atoms with E-state index in [1.807, 2.05) is 42.5 Å². The van der Waals surface area contributed by atoms with E-state index in [9.17, 15) is 28.7 Å². The maximum Gasteiger partial charge on any atom is 0.287 e. The van der Waals surface area contributed by atoms with Crippen LogP contribution >= 0.6 is 0 Å². The van der Waals surface area contributed by atoms with E-state index in [1.165, 1.54) is 0 Å². The monoisotopic (exact) mass is 533 g/mol. The van der Waals surface area contributed by atoms with Crippen molar-refractivity contribution in [3.63, 3.8) is 0 Å². The molecule has 0 spiro atoms. The van der Waals surface area contributed by atoms with Crippen LogP contribution in [-0.4, -0.2) is 33.9 Å². The molecule has 3 saturated carbocycles. The van der Waals surface area contributed by atoms with Gasteiger partial charge in [-0.2, -0.15) is 5.26 Å². The van der Waals surface area contributed by atoms with Gasteiger partial charge >= 0.3 is 0 Å². The molecule has 9 heteroatoms. The van der Waals surface area contributed by atoms with Gasteiger partial charge in [-0.3, -0.25) is 9.59 Å². The average molecular weight is 534 g/mol. The molecule has 39 heavy (non-hydrogen) atoms. The summed E-state index contributed by atoms with van der Waals surface area (Å²) in [6.45, 7) is 0. The van der Waals surface area contributed by atoms with Crippen molar-refractivity contribution in [2.75, 3.05) is 0 Å². The molecular formula is C30H29F2N3O4. The van der Waals surface area contributed by atoms with Gasteiger partial charge in [0, 0.05) is 18.2 Å². The lowest BCUT2D eigenvalue weighted by Crippen LogP contribution is -2.62. The number of carbonyl (C=O) groups is 2.